The predicted molar refractivity (Wildman–Crippen MR) is 124 cm³/mol. The fourth-order valence-corrected chi connectivity index (χ4v) is 4.17. The number of Topliss-reactive ketones (excluding diaryl/α,β-unsaturated/α-hetero) is 1. The zero-order chi connectivity index (χ0) is 22.8. The monoisotopic (exact) mass is 492 g/mol. The molecule has 162 valence electrons. The van der Waals surface area contributed by atoms with E-state index in [9.17, 15) is 14.7 Å². The Balaban J connectivity index is 1.86. The SMILES string of the molecule is COc1ccc(C(O)=C2C(=O)C(=O)N(Cc3cccnc3)C2c2ccc(Br)cc2)cc1C. The summed E-state index contributed by atoms with van der Waals surface area (Å²) in [6.45, 7) is 2.04. The van der Waals surface area contributed by atoms with Crippen molar-refractivity contribution >= 4 is 33.4 Å². The molecule has 1 amide bonds. The summed E-state index contributed by atoms with van der Waals surface area (Å²) in [5, 5.41) is 11.2. The van der Waals surface area contributed by atoms with Crippen LogP contribution in [0.5, 0.6) is 5.75 Å². The number of halogens is 1. The van der Waals surface area contributed by atoms with Gasteiger partial charge in [0.1, 0.15) is 11.5 Å². The summed E-state index contributed by atoms with van der Waals surface area (Å²) in [5.41, 5.74) is 2.83. The van der Waals surface area contributed by atoms with Crippen LogP contribution in [-0.4, -0.2) is 33.8 Å². The maximum Gasteiger partial charge on any atom is 0.295 e. The molecule has 1 aliphatic heterocycles. The summed E-state index contributed by atoms with van der Waals surface area (Å²) < 4.78 is 6.16. The number of likely N-dealkylation sites (tertiary alicyclic amines) is 1. The topological polar surface area (TPSA) is 79.7 Å². The normalized spacial score (nSPS) is 17.6. The number of aliphatic hydroxyl groups excluding tert-OH is 1. The molecular weight excluding hydrogens is 472 g/mol. The zero-order valence-corrected chi connectivity index (χ0v) is 19.2. The van der Waals surface area contributed by atoms with Gasteiger partial charge in [0.15, 0.2) is 0 Å². The van der Waals surface area contributed by atoms with Gasteiger partial charge in [0.25, 0.3) is 11.7 Å². The van der Waals surface area contributed by atoms with Crippen molar-refractivity contribution in [3.05, 3.63) is 99.3 Å². The fourth-order valence-electron chi connectivity index (χ4n) is 3.90. The number of nitrogens with zero attached hydrogens (tertiary/aromatic N) is 2. The van der Waals surface area contributed by atoms with Gasteiger partial charge in [-0.3, -0.25) is 14.6 Å². The molecule has 0 saturated carbocycles. The van der Waals surface area contributed by atoms with Gasteiger partial charge in [0, 0.05) is 29.0 Å². The number of aromatic nitrogens is 1. The number of hydrogen-bond donors (Lipinski definition) is 1. The minimum absolute atomic E-state index is 0.0609. The first-order valence-corrected chi connectivity index (χ1v) is 10.8. The highest BCUT2D eigenvalue weighted by molar-refractivity contribution is 9.10. The van der Waals surface area contributed by atoms with Crippen LogP contribution in [0.25, 0.3) is 5.76 Å². The average Bonchev–Trinajstić information content (AvgIpc) is 3.04. The van der Waals surface area contributed by atoms with Gasteiger partial charge in [-0.2, -0.15) is 0 Å². The highest BCUT2D eigenvalue weighted by Crippen LogP contribution is 2.40. The van der Waals surface area contributed by atoms with E-state index in [4.69, 9.17) is 4.74 Å². The van der Waals surface area contributed by atoms with Crippen molar-refractivity contribution in [2.75, 3.05) is 7.11 Å². The summed E-state index contributed by atoms with van der Waals surface area (Å²) in [6.07, 6.45) is 3.31. The second-order valence-electron chi connectivity index (χ2n) is 7.52. The van der Waals surface area contributed by atoms with Crippen LogP contribution in [0.4, 0.5) is 0 Å². The summed E-state index contributed by atoms with van der Waals surface area (Å²) in [7, 11) is 1.57. The standard InChI is InChI=1S/C25H21BrN2O4/c1-15-12-18(7-10-20(15)32-2)23(29)21-22(17-5-8-19(26)9-6-17)28(25(31)24(21)30)14-16-4-3-11-27-13-16/h3-13,22,29H,14H2,1-2H3. The van der Waals surface area contributed by atoms with Gasteiger partial charge in [0.05, 0.1) is 18.7 Å². The predicted octanol–water partition coefficient (Wildman–Crippen LogP) is 4.78. The van der Waals surface area contributed by atoms with Gasteiger partial charge in [0.2, 0.25) is 0 Å². The van der Waals surface area contributed by atoms with E-state index < -0.39 is 17.7 Å². The lowest BCUT2D eigenvalue weighted by Crippen LogP contribution is -2.29. The van der Waals surface area contributed by atoms with Crippen LogP contribution in [0.1, 0.15) is 28.3 Å². The first-order chi connectivity index (χ1) is 15.4. The van der Waals surface area contributed by atoms with Crippen LogP contribution in [0, 0.1) is 6.92 Å². The van der Waals surface area contributed by atoms with Gasteiger partial charge in [-0.25, -0.2) is 0 Å². The highest BCUT2D eigenvalue weighted by atomic mass is 79.9. The molecule has 2 aromatic carbocycles. The summed E-state index contributed by atoms with van der Waals surface area (Å²) >= 11 is 3.42. The average molecular weight is 493 g/mol. The zero-order valence-electron chi connectivity index (χ0n) is 17.6. The summed E-state index contributed by atoms with van der Waals surface area (Å²) in [5.74, 6) is -0.917. The molecule has 7 heteroatoms. The third-order valence-corrected chi connectivity index (χ3v) is 6.00. The maximum atomic E-state index is 13.1. The van der Waals surface area contributed by atoms with Crippen molar-refractivity contribution in [2.24, 2.45) is 0 Å². The molecule has 0 aliphatic carbocycles. The molecule has 1 unspecified atom stereocenters. The summed E-state index contributed by atoms with van der Waals surface area (Å²) in [4.78, 5) is 31.8. The molecule has 1 atom stereocenters. The maximum absolute atomic E-state index is 13.1. The minimum Gasteiger partial charge on any atom is -0.507 e. The number of carbonyl (C=O) groups is 2. The van der Waals surface area contributed by atoms with Crippen LogP contribution in [0.3, 0.4) is 0 Å². The second kappa shape index (κ2) is 8.96. The van der Waals surface area contributed by atoms with E-state index >= 15 is 0 Å². The minimum atomic E-state index is -0.731. The van der Waals surface area contributed by atoms with E-state index in [-0.39, 0.29) is 17.9 Å². The third-order valence-electron chi connectivity index (χ3n) is 5.47. The first-order valence-electron chi connectivity index (χ1n) is 9.98. The van der Waals surface area contributed by atoms with E-state index in [0.29, 0.717) is 11.3 Å². The molecule has 2 heterocycles. The smallest absolute Gasteiger partial charge is 0.295 e. The van der Waals surface area contributed by atoms with E-state index in [1.807, 2.05) is 37.3 Å². The molecular formula is C25H21BrN2O4. The Morgan fingerprint density at radius 1 is 1.16 bits per heavy atom. The molecule has 1 saturated heterocycles. The molecule has 32 heavy (non-hydrogen) atoms. The first kappa shape index (κ1) is 21.8. The molecule has 4 rings (SSSR count). The Morgan fingerprint density at radius 2 is 1.91 bits per heavy atom. The lowest BCUT2D eigenvalue weighted by molar-refractivity contribution is -0.140. The fraction of sp³-hybridized carbons (Fsp3) is 0.160. The van der Waals surface area contributed by atoms with Crippen LogP contribution < -0.4 is 4.74 Å². The number of hydrogen-bond acceptors (Lipinski definition) is 5. The number of aryl methyl sites for hydroxylation is 1. The largest absolute Gasteiger partial charge is 0.507 e. The Kier molecular flexibility index (Phi) is 6.10. The molecule has 1 aliphatic rings. The summed E-state index contributed by atoms with van der Waals surface area (Å²) in [6, 6.07) is 15.4. The lowest BCUT2D eigenvalue weighted by atomic mass is 9.94. The number of carbonyl (C=O) groups excluding carboxylic acids is 2. The molecule has 1 fully saturated rings. The van der Waals surface area contributed by atoms with Gasteiger partial charge < -0.3 is 14.7 Å². The third kappa shape index (κ3) is 4.03. The highest BCUT2D eigenvalue weighted by Gasteiger charge is 2.46. The van der Waals surface area contributed by atoms with Crippen LogP contribution >= 0.6 is 15.9 Å². The molecule has 0 spiro atoms. The van der Waals surface area contributed by atoms with Gasteiger partial charge in [-0.1, -0.05) is 34.1 Å². The van der Waals surface area contributed by atoms with Crippen molar-refractivity contribution in [1.29, 1.82) is 0 Å². The van der Waals surface area contributed by atoms with Crippen LogP contribution in [0.15, 0.2) is 77.0 Å². The molecule has 0 radical (unpaired) electrons. The number of ketones is 1. The number of rotatable bonds is 5. The molecule has 6 nitrogen and oxygen atoms in total. The number of ether oxygens (including phenoxy) is 1. The Morgan fingerprint density at radius 3 is 2.53 bits per heavy atom. The number of pyridine rings is 1. The number of aliphatic hydroxyl groups is 1. The van der Waals surface area contributed by atoms with Gasteiger partial charge >= 0.3 is 0 Å². The Hall–Kier alpha value is -3.45. The van der Waals surface area contributed by atoms with Crippen molar-refractivity contribution in [3.8, 4) is 5.75 Å². The van der Waals surface area contributed by atoms with E-state index in [1.54, 1.807) is 43.8 Å². The quantitative estimate of drug-likeness (QED) is 0.314. The van der Waals surface area contributed by atoms with Crippen molar-refractivity contribution in [1.82, 2.24) is 9.88 Å². The van der Waals surface area contributed by atoms with E-state index in [2.05, 4.69) is 20.9 Å². The molecule has 1 aromatic heterocycles. The molecule has 1 N–H and O–H groups in total. The number of benzene rings is 2. The van der Waals surface area contributed by atoms with Crippen molar-refractivity contribution in [3.63, 3.8) is 0 Å². The second-order valence-corrected chi connectivity index (χ2v) is 8.44. The van der Waals surface area contributed by atoms with Crippen molar-refractivity contribution in [2.45, 2.75) is 19.5 Å². The van der Waals surface area contributed by atoms with Crippen molar-refractivity contribution < 1.29 is 19.4 Å². The number of amides is 1. The van der Waals surface area contributed by atoms with Gasteiger partial charge in [-0.05, 0) is 60.0 Å². The van der Waals surface area contributed by atoms with E-state index in [0.717, 1.165) is 21.2 Å². The Bertz CT molecular complexity index is 1210. The molecule has 3 aromatic rings. The number of methoxy groups -OCH3 is 1. The van der Waals surface area contributed by atoms with Gasteiger partial charge in [-0.15, -0.1) is 0 Å². The lowest BCUT2D eigenvalue weighted by Gasteiger charge is -2.25. The Labute approximate surface area is 194 Å². The van der Waals surface area contributed by atoms with E-state index in [1.165, 1.54) is 4.90 Å². The van der Waals surface area contributed by atoms with Crippen LogP contribution in [0.2, 0.25) is 0 Å². The van der Waals surface area contributed by atoms with Crippen LogP contribution in [-0.2, 0) is 16.1 Å². The molecule has 0 bridgehead atoms.